The molecule has 4 atom stereocenters. The Labute approximate surface area is 94.2 Å². The largest absolute Gasteiger partial charge is 0.316 e. The first-order valence-electron chi connectivity index (χ1n) is 6.71. The molecular formula is C13H26N2. The van der Waals surface area contributed by atoms with Crippen molar-refractivity contribution < 1.29 is 0 Å². The number of hydrogen-bond acceptors (Lipinski definition) is 2. The van der Waals surface area contributed by atoms with Crippen LogP contribution >= 0.6 is 0 Å². The first kappa shape index (κ1) is 11.4. The molecule has 1 saturated carbocycles. The van der Waals surface area contributed by atoms with Crippen LogP contribution in [0, 0.1) is 17.8 Å². The Balaban J connectivity index is 1.56. The third kappa shape index (κ3) is 3.46. The molecule has 2 fully saturated rings. The minimum absolute atomic E-state index is 0.849. The van der Waals surface area contributed by atoms with Crippen molar-refractivity contribution in [2.24, 2.45) is 17.8 Å². The lowest BCUT2D eigenvalue weighted by atomic mass is 9.85. The lowest BCUT2D eigenvalue weighted by Gasteiger charge is -2.28. The van der Waals surface area contributed by atoms with Crippen molar-refractivity contribution >= 4 is 0 Å². The van der Waals surface area contributed by atoms with Crippen LogP contribution in [-0.2, 0) is 0 Å². The van der Waals surface area contributed by atoms with Gasteiger partial charge in [-0.1, -0.05) is 13.8 Å². The monoisotopic (exact) mass is 210 g/mol. The van der Waals surface area contributed by atoms with Gasteiger partial charge in [-0.2, -0.15) is 0 Å². The second-order valence-electron chi connectivity index (χ2n) is 5.65. The summed E-state index contributed by atoms with van der Waals surface area (Å²) >= 11 is 0. The highest BCUT2D eigenvalue weighted by atomic mass is 15.0. The Bertz CT molecular complexity index is 187. The second kappa shape index (κ2) is 5.31. The highest BCUT2D eigenvalue weighted by Crippen LogP contribution is 2.29. The number of piperidine rings is 1. The second-order valence-corrected chi connectivity index (χ2v) is 5.65. The molecule has 0 radical (unpaired) electrons. The summed E-state index contributed by atoms with van der Waals surface area (Å²) in [7, 11) is 0. The van der Waals surface area contributed by atoms with Crippen LogP contribution in [0.25, 0.3) is 0 Å². The summed E-state index contributed by atoms with van der Waals surface area (Å²) < 4.78 is 0. The van der Waals surface area contributed by atoms with Crippen LogP contribution in [0.5, 0.6) is 0 Å². The number of hydrogen-bond donors (Lipinski definition) is 2. The van der Waals surface area contributed by atoms with E-state index in [0.717, 1.165) is 23.8 Å². The van der Waals surface area contributed by atoms with Gasteiger partial charge < -0.3 is 10.6 Å². The van der Waals surface area contributed by atoms with E-state index in [1.165, 1.54) is 45.3 Å². The van der Waals surface area contributed by atoms with Crippen LogP contribution in [0.1, 0.15) is 39.5 Å². The predicted octanol–water partition coefficient (Wildman–Crippen LogP) is 2.01. The number of rotatable bonds is 5. The van der Waals surface area contributed by atoms with Gasteiger partial charge in [0.2, 0.25) is 0 Å². The molecule has 2 heteroatoms. The standard InChI is InChI=1S/C13H26N2/c1-10(12-4-3-6-14-9-12)5-7-15-13-8-11(13)2/h10-15H,3-9H2,1-2H3. The molecular weight excluding hydrogens is 184 g/mol. The van der Waals surface area contributed by atoms with Gasteiger partial charge in [0, 0.05) is 6.04 Å². The third-order valence-electron chi connectivity index (χ3n) is 4.26. The molecule has 88 valence electrons. The predicted molar refractivity (Wildman–Crippen MR) is 64.9 cm³/mol. The Hall–Kier alpha value is -0.0800. The van der Waals surface area contributed by atoms with Gasteiger partial charge in [-0.05, 0) is 63.1 Å². The average molecular weight is 210 g/mol. The summed E-state index contributed by atoms with van der Waals surface area (Å²) in [6, 6.07) is 0.849. The van der Waals surface area contributed by atoms with E-state index >= 15 is 0 Å². The quantitative estimate of drug-likeness (QED) is 0.725. The maximum atomic E-state index is 3.66. The zero-order valence-corrected chi connectivity index (χ0v) is 10.3. The molecule has 15 heavy (non-hydrogen) atoms. The summed E-state index contributed by atoms with van der Waals surface area (Å²) in [6.07, 6.45) is 5.57. The Morgan fingerprint density at radius 2 is 2.27 bits per heavy atom. The fourth-order valence-electron chi connectivity index (χ4n) is 2.70. The summed E-state index contributed by atoms with van der Waals surface area (Å²) in [5, 5.41) is 7.17. The highest BCUT2D eigenvalue weighted by molar-refractivity contribution is 4.89. The van der Waals surface area contributed by atoms with Gasteiger partial charge in [0.15, 0.2) is 0 Å². The molecule has 2 rings (SSSR count). The van der Waals surface area contributed by atoms with E-state index in [-0.39, 0.29) is 0 Å². The molecule has 1 aliphatic heterocycles. The van der Waals surface area contributed by atoms with Gasteiger partial charge in [0.1, 0.15) is 0 Å². The van der Waals surface area contributed by atoms with Gasteiger partial charge in [-0.15, -0.1) is 0 Å². The van der Waals surface area contributed by atoms with Crippen molar-refractivity contribution in [3.05, 3.63) is 0 Å². The molecule has 0 aromatic rings. The fraction of sp³-hybridized carbons (Fsp3) is 1.00. The first-order valence-corrected chi connectivity index (χ1v) is 6.71. The van der Waals surface area contributed by atoms with Crippen molar-refractivity contribution in [2.45, 2.75) is 45.6 Å². The molecule has 2 nitrogen and oxygen atoms in total. The van der Waals surface area contributed by atoms with E-state index in [4.69, 9.17) is 0 Å². The molecule has 0 aromatic heterocycles. The van der Waals surface area contributed by atoms with Crippen molar-refractivity contribution in [1.82, 2.24) is 10.6 Å². The fourth-order valence-corrected chi connectivity index (χ4v) is 2.70. The Morgan fingerprint density at radius 3 is 2.87 bits per heavy atom. The molecule has 1 heterocycles. The maximum absolute atomic E-state index is 3.66. The molecule has 4 unspecified atom stereocenters. The lowest BCUT2D eigenvalue weighted by molar-refractivity contribution is 0.266. The molecule has 0 bridgehead atoms. The van der Waals surface area contributed by atoms with Gasteiger partial charge in [0.25, 0.3) is 0 Å². The van der Waals surface area contributed by atoms with E-state index in [0.29, 0.717) is 0 Å². The van der Waals surface area contributed by atoms with Crippen molar-refractivity contribution in [1.29, 1.82) is 0 Å². The zero-order chi connectivity index (χ0) is 10.7. The van der Waals surface area contributed by atoms with Gasteiger partial charge >= 0.3 is 0 Å². The topological polar surface area (TPSA) is 24.1 Å². The van der Waals surface area contributed by atoms with Crippen LogP contribution in [0.3, 0.4) is 0 Å². The molecule has 1 saturated heterocycles. The molecule has 0 amide bonds. The van der Waals surface area contributed by atoms with Gasteiger partial charge in [-0.25, -0.2) is 0 Å². The molecule has 1 aliphatic carbocycles. The van der Waals surface area contributed by atoms with Crippen LogP contribution in [0.4, 0.5) is 0 Å². The summed E-state index contributed by atoms with van der Waals surface area (Å²) in [5.74, 6) is 2.76. The van der Waals surface area contributed by atoms with Crippen molar-refractivity contribution in [2.75, 3.05) is 19.6 Å². The normalized spacial score (nSPS) is 37.6. The summed E-state index contributed by atoms with van der Waals surface area (Å²) in [6.45, 7) is 8.48. The minimum atomic E-state index is 0.849. The SMILES string of the molecule is CC(CCNC1CC1C)C1CCCNC1. The lowest BCUT2D eigenvalue weighted by Crippen LogP contribution is -2.34. The summed E-state index contributed by atoms with van der Waals surface area (Å²) in [4.78, 5) is 0. The van der Waals surface area contributed by atoms with Crippen molar-refractivity contribution in [3.63, 3.8) is 0 Å². The molecule has 2 aliphatic rings. The molecule has 2 N–H and O–H groups in total. The smallest absolute Gasteiger partial charge is 0.00963 e. The molecule has 0 spiro atoms. The van der Waals surface area contributed by atoms with Crippen LogP contribution in [0.2, 0.25) is 0 Å². The van der Waals surface area contributed by atoms with E-state index < -0.39 is 0 Å². The van der Waals surface area contributed by atoms with E-state index in [9.17, 15) is 0 Å². The maximum Gasteiger partial charge on any atom is 0.00963 e. The van der Waals surface area contributed by atoms with Crippen LogP contribution in [-0.4, -0.2) is 25.7 Å². The zero-order valence-electron chi connectivity index (χ0n) is 10.3. The summed E-state index contributed by atoms with van der Waals surface area (Å²) in [5.41, 5.74) is 0. The van der Waals surface area contributed by atoms with Gasteiger partial charge in [0.05, 0.1) is 0 Å². The van der Waals surface area contributed by atoms with Crippen molar-refractivity contribution in [3.8, 4) is 0 Å². The molecule has 0 aromatic carbocycles. The van der Waals surface area contributed by atoms with Crippen LogP contribution in [0.15, 0.2) is 0 Å². The Kier molecular flexibility index (Phi) is 4.04. The van der Waals surface area contributed by atoms with E-state index in [1.54, 1.807) is 0 Å². The Morgan fingerprint density at radius 1 is 1.47 bits per heavy atom. The third-order valence-corrected chi connectivity index (χ3v) is 4.26. The first-order chi connectivity index (χ1) is 7.27. The van der Waals surface area contributed by atoms with Crippen LogP contribution < -0.4 is 10.6 Å². The van der Waals surface area contributed by atoms with E-state index in [2.05, 4.69) is 24.5 Å². The minimum Gasteiger partial charge on any atom is -0.316 e. The highest BCUT2D eigenvalue weighted by Gasteiger charge is 2.31. The van der Waals surface area contributed by atoms with E-state index in [1.807, 2.05) is 0 Å². The number of nitrogens with one attached hydrogen (secondary N) is 2. The average Bonchev–Trinajstić information content (AvgIpc) is 2.96. The van der Waals surface area contributed by atoms with Gasteiger partial charge in [-0.3, -0.25) is 0 Å².